The highest BCUT2D eigenvalue weighted by atomic mass is 35.5. The van der Waals surface area contributed by atoms with Crippen LogP contribution in [0.3, 0.4) is 0 Å². The third kappa shape index (κ3) is 4.13. The van der Waals surface area contributed by atoms with E-state index in [1.807, 2.05) is 0 Å². The number of nitrogen functional groups attached to an aromatic ring is 1. The van der Waals surface area contributed by atoms with Gasteiger partial charge in [0.25, 0.3) is 5.91 Å². The molecule has 0 radical (unpaired) electrons. The van der Waals surface area contributed by atoms with Crippen LogP contribution in [0.4, 0.5) is 5.69 Å². The first-order valence-electron chi connectivity index (χ1n) is 7.02. The Morgan fingerprint density at radius 1 is 1.16 bits per heavy atom. The average Bonchev–Trinajstić information content (AvgIpc) is 2.35. The van der Waals surface area contributed by atoms with Crippen molar-refractivity contribution in [1.29, 1.82) is 0 Å². The topological polar surface area (TPSA) is 55.1 Å². The van der Waals surface area contributed by atoms with Gasteiger partial charge in [-0.05, 0) is 31.0 Å². The third-order valence-corrected chi connectivity index (χ3v) is 3.94. The standard InChI is InChI=1S/C15H21ClN2O/c16-11-8-9-14(17)13(10-11)15(19)18-12-6-4-2-1-3-5-7-12/h8-10,12H,1-7,17H2,(H,18,19). The van der Waals surface area contributed by atoms with Crippen LogP contribution < -0.4 is 11.1 Å². The van der Waals surface area contributed by atoms with E-state index in [4.69, 9.17) is 17.3 Å². The van der Waals surface area contributed by atoms with Gasteiger partial charge in [0, 0.05) is 16.8 Å². The van der Waals surface area contributed by atoms with Crippen LogP contribution in [-0.2, 0) is 0 Å². The van der Waals surface area contributed by atoms with Gasteiger partial charge < -0.3 is 11.1 Å². The lowest BCUT2D eigenvalue weighted by molar-refractivity contribution is 0.0931. The fourth-order valence-electron chi connectivity index (χ4n) is 2.59. The Bertz CT molecular complexity index is 440. The monoisotopic (exact) mass is 280 g/mol. The van der Waals surface area contributed by atoms with Crippen molar-refractivity contribution in [3.63, 3.8) is 0 Å². The molecule has 4 heteroatoms. The lowest BCUT2D eigenvalue weighted by Crippen LogP contribution is -2.35. The van der Waals surface area contributed by atoms with E-state index in [0.29, 0.717) is 16.3 Å². The maximum absolute atomic E-state index is 12.2. The van der Waals surface area contributed by atoms with Crippen molar-refractivity contribution in [2.45, 2.75) is 51.0 Å². The maximum atomic E-state index is 12.2. The lowest BCUT2D eigenvalue weighted by Gasteiger charge is -2.21. The lowest BCUT2D eigenvalue weighted by atomic mass is 9.96. The number of nitrogens with two attached hydrogens (primary N) is 1. The Hall–Kier alpha value is -1.22. The van der Waals surface area contributed by atoms with E-state index in [0.717, 1.165) is 12.8 Å². The minimum absolute atomic E-state index is 0.106. The number of hydrogen-bond acceptors (Lipinski definition) is 2. The molecule has 1 fully saturated rings. The van der Waals surface area contributed by atoms with Crippen LogP contribution in [0.1, 0.15) is 55.3 Å². The summed E-state index contributed by atoms with van der Waals surface area (Å²) in [6.45, 7) is 0. The first-order valence-corrected chi connectivity index (χ1v) is 7.40. The van der Waals surface area contributed by atoms with Gasteiger partial charge in [-0.3, -0.25) is 4.79 Å². The summed E-state index contributed by atoms with van der Waals surface area (Å²) in [6, 6.07) is 5.28. The Balaban J connectivity index is 2.00. The van der Waals surface area contributed by atoms with Gasteiger partial charge in [0.2, 0.25) is 0 Å². The van der Waals surface area contributed by atoms with E-state index in [1.54, 1.807) is 18.2 Å². The van der Waals surface area contributed by atoms with Crippen LogP contribution in [-0.4, -0.2) is 11.9 Å². The second-order valence-corrected chi connectivity index (χ2v) is 5.68. The van der Waals surface area contributed by atoms with Crippen LogP contribution in [0.5, 0.6) is 0 Å². The molecular formula is C15H21ClN2O. The molecule has 0 heterocycles. The SMILES string of the molecule is Nc1ccc(Cl)cc1C(=O)NC1CCCCCCC1. The molecule has 3 nitrogen and oxygen atoms in total. The molecule has 1 saturated carbocycles. The van der Waals surface area contributed by atoms with Gasteiger partial charge in [0.15, 0.2) is 0 Å². The minimum Gasteiger partial charge on any atom is -0.398 e. The number of nitrogens with one attached hydrogen (secondary N) is 1. The van der Waals surface area contributed by atoms with Crippen molar-refractivity contribution in [2.75, 3.05) is 5.73 Å². The minimum atomic E-state index is -0.106. The summed E-state index contributed by atoms with van der Waals surface area (Å²) in [4.78, 5) is 12.2. The van der Waals surface area contributed by atoms with Crippen LogP contribution in [0, 0.1) is 0 Å². The summed E-state index contributed by atoms with van der Waals surface area (Å²) in [5.41, 5.74) is 6.79. The summed E-state index contributed by atoms with van der Waals surface area (Å²) in [5.74, 6) is -0.106. The number of carbonyl (C=O) groups excluding carboxylic acids is 1. The molecule has 1 amide bonds. The number of halogens is 1. The highest BCUT2D eigenvalue weighted by Gasteiger charge is 2.16. The van der Waals surface area contributed by atoms with E-state index < -0.39 is 0 Å². The van der Waals surface area contributed by atoms with Gasteiger partial charge in [0.05, 0.1) is 5.56 Å². The van der Waals surface area contributed by atoms with Crippen molar-refractivity contribution in [2.24, 2.45) is 0 Å². The molecule has 0 spiro atoms. The van der Waals surface area contributed by atoms with Gasteiger partial charge >= 0.3 is 0 Å². The molecule has 0 unspecified atom stereocenters. The van der Waals surface area contributed by atoms with E-state index >= 15 is 0 Å². The quantitative estimate of drug-likeness (QED) is 0.811. The van der Waals surface area contributed by atoms with Gasteiger partial charge in [-0.15, -0.1) is 0 Å². The molecule has 3 N–H and O–H groups in total. The van der Waals surface area contributed by atoms with Crippen molar-refractivity contribution < 1.29 is 4.79 Å². The molecule has 0 bridgehead atoms. The molecular weight excluding hydrogens is 260 g/mol. The fraction of sp³-hybridized carbons (Fsp3) is 0.533. The highest BCUT2D eigenvalue weighted by molar-refractivity contribution is 6.31. The average molecular weight is 281 g/mol. The van der Waals surface area contributed by atoms with E-state index in [9.17, 15) is 4.79 Å². The Labute approximate surface area is 119 Å². The molecule has 1 aromatic rings. The summed E-state index contributed by atoms with van der Waals surface area (Å²) >= 11 is 5.92. The van der Waals surface area contributed by atoms with Crippen molar-refractivity contribution in [1.82, 2.24) is 5.32 Å². The molecule has 104 valence electrons. The molecule has 1 aliphatic carbocycles. The molecule has 0 atom stereocenters. The van der Waals surface area contributed by atoms with Crippen LogP contribution >= 0.6 is 11.6 Å². The van der Waals surface area contributed by atoms with Gasteiger partial charge in [-0.1, -0.05) is 43.7 Å². The zero-order valence-electron chi connectivity index (χ0n) is 11.1. The first-order chi connectivity index (χ1) is 9.16. The van der Waals surface area contributed by atoms with E-state index in [-0.39, 0.29) is 11.9 Å². The predicted molar refractivity (Wildman–Crippen MR) is 79.4 cm³/mol. The smallest absolute Gasteiger partial charge is 0.253 e. The van der Waals surface area contributed by atoms with Crippen molar-refractivity contribution >= 4 is 23.2 Å². The van der Waals surface area contributed by atoms with Gasteiger partial charge in [-0.25, -0.2) is 0 Å². The molecule has 0 aromatic heterocycles. The first kappa shape index (κ1) is 14.2. The van der Waals surface area contributed by atoms with Crippen LogP contribution in [0.15, 0.2) is 18.2 Å². The van der Waals surface area contributed by atoms with E-state index in [1.165, 1.54) is 32.1 Å². The largest absolute Gasteiger partial charge is 0.398 e. The summed E-state index contributed by atoms with van der Waals surface area (Å²) in [7, 11) is 0. The van der Waals surface area contributed by atoms with Crippen LogP contribution in [0.25, 0.3) is 0 Å². The molecule has 2 rings (SSSR count). The third-order valence-electron chi connectivity index (χ3n) is 3.70. The number of amides is 1. The number of hydrogen-bond donors (Lipinski definition) is 2. The van der Waals surface area contributed by atoms with Crippen molar-refractivity contribution in [3.05, 3.63) is 28.8 Å². The predicted octanol–water partition coefficient (Wildman–Crippen LogP) is 3.76. The molecule has 0 aliphatic heterocycles. The Kier molecular flexibility index (Phi) is 5.08. The van der Waals surface area contributed by atoms with Crippen LogP contribution in [0.2, 0.25) is 5.02 Å². The zero-order chi connectivity index (χ0) is 13.7. The Morgan fingerprint density at radius 3 is 2.47 bits per heavy atom. The summed E-state index contributed by atoms with van der Waals surface area (Å²) in [5, 5.41) is 3.63. The van der Waals surface area contributed by atoms with Gasteiger partial charge in [0.1, 0.15) is 0 Å². The van der Waals surface area contributed by atoms with E-state index in [2.05, 4.69) is 5.32 Å². The number of carbonyl (C=O) groups is 1. The second kappa shape index (κ2) is 6.80. The number of anilines is 1. The molecule has 1 aromatic carbocycles. The second-order valence-electron chi connectivity index (χ2n) is 5.25. The normalized spacial score (nSPS) is 17.5. The number of rotatable bonds is 2. The molecule has 1 aliphatic rings. The Morgan fingerprint density at radius 2 is 1.79 bits per heavy atom. The summed E-state index contributed by atoms with van der Waals surface area (Å²) < 4.78 is 0. The van der Waals surface area contributed by atoms with Crippen molar-refractivity contribution in [3.8, 4) is 0 Å². The molecule has 19 heavy (non-hydrogen) atoms. The number of benzene rings is 1. The summed E-state index contributed by atoms with van der Waals surface area (Å²) in [6.07, 6.45) is 8.36. The fourth-order valence-corrected chi connectivity index (χ4v) is 2.76. The zero-order valence-corrected chi connectivity index (χ0v) is 11.9. The highest BCUT2D eigenvalue weighted by Crippen LogP contribution is 2.20. The van der Waals surface area contributed by atoms with Gasteiger partial charge in [-0.2, -0.15) is 0 Å². The molecule has 0 saturated heterocycles. The maximum Gasteiger partial charge on any atom is 0.253 e.